The number of rotatable bonds is 1. The molecular formula is C9H15NO. The first-order valence-corrected chi connectivity index (χ1v) is 3.90. The molecule has 1 aliphatic heterocycles. The highest BCUT2D eigenvalue weighted by atomic mass is 16.5. The zero-order valence-electron chi connectivity index (χ0n) is 7.35. The van der Waals surface area contributed by atoms with Crippen molar-refractivity contribution >= 4 is 0 Å². The summed E-state index contributed by atoms with van der Waals surface area (Å²) in [6.45, 7) is 4.21. The molecule has 0 aromatic carbocycles. The molecule has 1 atom stereocenters. The molecule has 1 N–H and O–H groups in total. The van der Waals surface area contributed by atoms with Gasteiger partial charge in [-0.3, -0.25) is 0 Å². The minimum atomic E-state index is 0.472. The predicted octanol–water partition coefficient (Wildman–Crippen LogP) is 1.80. The first kappa shape index (κ1) is 8.18. The van der Waals surface area contributed by atoms with E-state index >= 15 is 0 Å². The van der Waals surface area contributed by atoms with Crippen molar-refractivity contribution in [3.63, 3.8) is 0 Å². The highest BCUT2D eigenvalue weighted by Crippen LogP contribution is 2.11. The van der Waals surface area contributed by atoms with E-state index in [0.29, 0.717) is 6.04 Å². The van der Waals surface area contributed by atoms with Gasteiger partial charge in [-0.1, -0.05) is 0 Å². The van der Waals surface area contributed by atoms with Crippen molar-refractivity contribution in [2.75, 3.05) is 7.11 Å². The van der Waals surface area contributed by atoms with Gasteiger partial charge in [-0.25, -0.2) is 0 Å². The number of hydrogen-bond donors (Lipinski definition) is 1. The summed E-state index contributed by atoms with van der Waals surface area (Å²) in [5, 5.41) is 3.34. The van der Waals surface area contributed by atoms with Gasteiger partial charge in [0.1, 0.15) is 0 Å². The third-order valence-corrected chi connectivity index (χ3v) is 1.76. The molecule has 0 amide bonds. The lowest BCUT2D eigenvalue weighted by Gasteiger charge is -2.13. The van der Waals surface area contributed by atoms with E-state index in [0.717, 1.165) is 12.2 Å². The van der Waals surface area contributed by atoms with E-state index < -0.39 is 0 Å². The third-order valence-electron chi connectivity index (χ3n) is 1.76. The molecule has 0 saturated carbocycles. The lowest BCUT2D eigenvalue weighted by molar-refractivity contribution is 0.269. The predicted molar refractivity (Wildman–Crippen MR) is 46.1 cm³/mol. The van der Waals surface area contributed by atoms with Crippen LogP contribution in [-0.4, -0.2) is 13.2 Å². The SMILES string of the molecule is COC1=CC=C(C)NC(C)C1. The fraction of sp³-hybridized carbons (Fsp3) is 0.556. The molecule has 0 aromatic heterocycles. The van der Waals surface area contributed by atoms with E-state index in [1.165, 1.54) is 5.70 Å². The minimum absolute atomic E-state index is 0.472. The van der Waals surface area contributed by atoms with Crippen molar-refractivity contribution in [3.8, 4) is 0 Å². The summed E-state index contributed by atoms with van der Waals surface area (Å²) < 4.78 is 5.17. The summed E-state index contributed by atoms with van der Waals surface area (Å²) in [5.74, 6) is 1.04. The van der Waals surface area contributed by atoms with E-state index in [1.54, 1.807) is 7.11 Å². The second kappa shape index (κ2) is 3.46. The third kappa shape index (κ3) is 2.30. The van der Waals surface area contributed by atoms with Crippen LogP contribution in [0.25, 0.3) is 0 Å². The Kier molecular flexibility index (Phi) is 2.58. The van der Waals surface area contributed by atoms with Gasteiger partial charge in [0, 0.05) is 18.2 Å². The van der Waals surface area contributed by atoms with Crippen LogP contribution in [0, 0.1) is 0 Å². The van der Waals surface area contributed by atoms with Crippen molar-refractivity contribution in [2.45, 2.75) is 26.3 Å². The Labute approximate surface area is 67.9 Å². The standard InChI is InChI=1S/C9H15NO/c1-7-4-5-9(11-3)6-8(2)10-7/h4-5,8,10H,6H2,1-3H3. The van der Waals surface area contributed by atoms with Crippen LogP contribution < -0.4 is 5.32 Å². The molecule has 0 bridgehead atoms. The first-order chi connectivity index (χ1) is 5.22. The maximum atomic E-state index is 5.17. The molecule has 1 unspecified atom stereocenters. The Morgan fingerprint density at radius 3 is 2.91 bits per heavy atom. The van der Waals surface area contributed by atoms with Gasteiger partial charge in [0.25, 0.3) is 0 Å². The zero-order valence-corrected chi connectivity index (χ0v) is 7.35. The molecule has 1 rings (SSSR count). The summed E-state index contributed by atoms with van der Waals surface area (Å²) in [7, 11) is 1.72. The van der Waals surface area contributed by atoms with Gasteiger partial charge in [0.05, 0.1) is 12.9 Å². The molecule has 0 radical (unpaired) electrons. The molecule has 11 heavy (non-hydrogen) atoms. The van der Waals surface area contributed by atoms with E-state index in [1.807, 2.05) is 12.2 Å². The van der Waals surface area contributed by atoms with E-state index in [-0.39, 0.29) is 0 Å². The number of ether oxygens (including phenoxy) is 1. The maximum Gasteiger partial charge on any atom is 0.0976 e. The monoisotopic (exact) mass is 153 g/mol. The van der Waals surface area contributed by atoms with E-state index in [9.17, 15) is 0 Å². The number of hydrogen-bond acceptors (Lipinski definition) is 2. The van der Waals surface area contributed by atoms with Gasteiger partial charge in [-0.2, -0.15) is 0 Å². The van der Waals surface area contributed by atoms with Crippen LogP contribution in [0.1, 0.15) is 20.3 Å². The summed E-state index contributed by atoms with van der Waals surface area (Å²) in [4.78, 5) is 0. The Balaban J connectivity index is 2.69. The molecule has 1 heterocycles. The highest BCUT2D eigenvalue weighted by molar-refractivity contribution is 5.16. The molecule has 0 spiro atoms. The molecular weight excluding hydrogens is 138 g/mol. The number of methoxy groups -OCH3 is 1. The van der Waals surface area contributed by atoms with Crippen molar-refractivity contribution < 1.29 is 4.74 Å². The Bertz CT molecular complexity index is 194. The van der Waals surface area contributed by atoms with Crippen LogP contribution in [0.4, 0.5) is 0 Å². The molecule has 0 fully saturated rings. The zero-order chi connectivity index (χ0) is 8.27. The van der Waals surface area contributed by atoms with Gasteiger partial charge < -0.3 is 10.1 Å². The van der Waals surface area contributed by atoms with Crippen LogP contribution in [0.15, 0.2) is 23.6 Å². The second-order valence-corrected chi connectivity index (χ2v) is 2.94. The highest BCUT2D eigenvalue weighted by Gasteiger charge is 2.07. The second-order valence-electron chi connectivity index (χ2n) is 2.94. The van der Waals surface area contributed by atoms with Crippen LogP contribution in [0.3, 0.4) is 0 Å². The normalized spacial score (nSPS) is 24.5. The minimum Gasteiger partial charge on any atom is -0.501 e. The summed E-state index contributed by atoms with van der Waals surface area (Å²) in [5.41, 5.74) is 1.20. The van der Waals surface area contributed by atoms with Gasteiger partial charge in [0.15, 0.2) is 0 Å². The van der Waals surface area contributed by atoms with Crippen LogP contribution >= 0.6 is 0 Å². The lowest BCUT2D eigenvalue weighted by atomic mass is 10.2. The Morgan fingerprint density at radius 2 is 2.27 bits per heavy atom. The molecule has 62 valence electrons. The average Bonchev–Trinajstić information content (AvgIpc) is 2.11. The number of nitrogens with one attached hydrogen (secondary N) is 1. The van der Waals surface area contributed by atoms with Gasteiger partial charge in [-0.05, 0) is 26.0 Å². The summed E-state index contributed by atoms with van der Waals surface area (Å²) in [6.07, 6.45) is 5.03. The van der Waals surface area contributed by atoms with Crippen molar-refractivity contribution in [1.29, 1.82) is 0 Å². The van der Waals surface area contributed by atoms with E-state index in [4.69, 9.17) is 4.74 Å². The summed E-state index contributed by atoms with van der Waals surface area (Å²) >= 11 is 0. The molecule has 0 saturated heterocycles. The van der Waals surface area contributed by atoms with Crippen LogP contribution in [0.2, 0.25) is 0 Å². The smallest absolute Gasteiger partial charge is 0.0976 e. The topological polar surface area (TPSA) is 21.3 Å². The van der Waals surface area contributed by atoms with Crippen LogP contribution in [0.5, 0.6) is 0 Å². The molecule has 1 aliphatic rings. The van der Waals surface area contributed by atoms with Crippen LogP contribution in [-0.2, 0) is 4.74 Å². The molecule has 0 aliphatic carbocycles. The largest absolute Gasteiger partial charge is 0.501 e. The van der Waals surface area contributed by atoms with Gasteiger partial charge in [-0.15, -0.1) is 0 Å². The van der Waals surface area contributed by atoms with E-state index in [2.05, 4.69) is 19.2 Å². The lowest BCUT2D eigenvalue weighted by Crippen LogP contribution is -2.23. The number of allylic oxidation sites excluding steroid dienone is 3. The fourth-order valence-corrected chi connectivity index (χ4v) is 1.23. The van der Waals surface area contributed by atoms with Gasteiger partial charge in [0.2, 0.25) is 0 Å². The quantitative estimate of drug-likeness (QED) is 0.620. The maximum absolute atomic E-state index is 5.17. The molecule has 2 heteroatoms. The van der Waals surface area contributed by atoms with Gasteiger partial charge >= 0.3 is 0 Å². The molecule has 0 aromatic rings. The fourth-order valence-electron chi connectivity index (χ4n) is 1.23. The van der Waals surface area contributed by atoms with Crippen molar-refractivity contribution in [2.24, 2.45) is 0 Å². The Morgan fingerprint density at radius 1 is 1.55 bits per heavy atom. The average molecular weight is 153 g/mol. The van der Waals surface area contributed by atoms with Crippen molar-refractivity contribution in [1.82, 2.24) is 5.32 Å². The summed E-state index contributed by atoms with van der Waals surface area (Å²) in [6, 6.07) is 0.472. The first-order valence-electron chi connectivity index (χ1n) is 3.90. The Hall–Kier alpha value is -0.920. The van der Waals surface area contributed by atoms with Crippen molar-refractivity contribution in [3.05, 3.63) is 23.6 Å². The molecule has 2 nitrogen and oxygen atoms in total.